The molecule has 1 aliphatic rings. The van der Waals surface area contributed by atoms with Gasteiger partial charge in [0.1, 0.15) is 5.15 Å². The molecule has 2 heterocycles. The molecule has 3 nitrogen and oxygen atoms in total. The van der Waals surface area contributed by atoms with Crippen molar-refractivity contribution < 1.29 is 4.79 Å². The third-order valence-corrected chi connectivity index (χ3v) is 3.34. The van der Waals surface area contributed by atoms with Gasteiger partial charge in [-0.3, -0.25) is 4.79 Å². The highest BCUT2D eigenvalue weighted by atomic mass is 35.5. The fourth-order valence-corrected chi connectivity index (χ4v) is 2.50. The van der Waals surface area contributed by atoms with Crippen LogP contribution in [-0.2, 0) is 10.2 Å². The van der Waals surface area contributed by atoms with Gasteiger partial charge < -0.3 is 5.32 Å². The second-order valence-corrected chi connectivity index (χ2v) is 5.60. The summed E-state index contributed by atoms with van der Waals surface area (Å²) in [6.45, 7) is 6.00. The predicted octanol–water partition coefficient (Wildman–Crippen LogP) is 2.29. The van der Waals surface area contributed by atoms with E-state index in [1.54, 1.807) is 12.3 Å². The summed E-state index contributed by atoms with van der Waals surface area (Å²) < 4.78 is 0. The normalized spacial score (nSPS) is 27.9. The zero-order valence-electron chi connectivity index (χ0n) is 9.67. The van der Waals surface area contributed by atoms with E-state index >= 15 is 0 Å². The summed E-state index contributed by atoms with van der Waals surface area (Å²) in [4.78, 5) is 16.1. The number of hydrogen-bond donors (Lipinski definition) is 1. The minimum atomic E-state index is -0.499. The Balaban J connectivity index is 2.40. The fourth-order valence-electron chi connectivity index (χ4n) is 2.39. The zero-order chi connectivity index (χ0) is 12.0. The molecule has 1 aliphatic heterocycles. The number of carbonyl (C=O) groups excluding carboxylic acids is 1. The standard InChI is InChI=1S/C12H15ClN2O/c1-11(2)7-12(3,10(16)15-11)8-4-5-9(13)14-6-8/h4-6H,7H2,1-3H3,(H,15,16). The summed E-state index contributed by atoms with van der Waals surface area (Å²) in [6, 6.07) is 3.59. The lowest BCUT2D eigenvalue weighted by Gasteiger charge is -2.22. The number of halogens is 1. The molecule has 1 aromatic rings. The molecule has 1 unspecified atom stereocenters. The molecule has 1 aromatic heterocycles. The van der Waals surface area contributed by atoms with Gasteiger partial charge in [-0.1, -0.05) is 17.7 Å². The van der Waals surface area contributed by atoms with Crippen molar-refractivity contribution in [2.24, 2.45) is 0 Å². The SMILES string of the molecule is CC1(C)CC(C)(c2ccc(Cl)nc2)C(=O)N1. The predicted molar refractivity (Wildman–Crippen MR) is 63.4 cm³/mol. The van der Waals surface area contributed by atoms with E-state index < -0.39 is 5.41 Å². The van der Waals surface area contributed by atoms with Crippen LogP contribution in [0.3, 0.4) is 0 Å². The minimum Gasteiger partial charge on any atom is -0.350 e. The Morgan fingerprint density at radius 2 is 2.06 bits per heavy atom. The molecular formula is C12H15ClN2O. The molecule has 2 rings (SSSR count). The number of pyridine rings is 1. The van der Waals surface area contributed by atoms with E-state index in [9.17, 15) is 4.79 Å². The van der Waals surface area contributed by atoms with Crippen molar-refractivity contribution in [2.45, 2.75) is 38.1 Å². The number of nitrogens with one attached hydrogen (secondary N) is 1. The molecule has 0 spiro atoms. The lowest BCUT2D eigenvalue weighted by molar-refractivity contribution is -0.123. The lowest BCUT2D eigenvalue weighted by atomic mass is 9.78. The van der Waals surface area contributed by atoms with Crippen LogP contribution in [0.1, 0.15) is 32.8 Å². The van der Waals surface area contributed by atoms with Crippen LogP contribution in [0.2, 0.25) is 5.15 Å². The molecule has 86 valence electrons. The average molecular weight is 239 g/mol. The quantitative estimate of drug-likeness (QED) is 0.763. The van der Waals surface area contributed by atoms with Crippen molar-refractivity contribution >= 4 is 17.5 Å². The Hall–Kier alpha value is -1.09. The van der Waals surface area contributed by atoms with E-state index in [2.05, 4.69) is 10.3 Å². The summed E-state index contributed by atoms with van der Waals surface area (Å²) in [5.74, 6) is 0.0571. The van der Waals surface area contributed by atoms with E-state index in [-0.39, 0.29) is 11.4 Å². The molecule has 0 radical (unpaired) electrons. The van der Waals surface area contributed by atoms with Gasteiger partial charge in [-0.25, -0.2) is 4.98 Å². The largest absolute Gasteiger partial charge is 0.350 e. The molecule has 0 bridgehead atoms. The maximum Gasteiger partial charge on any atom is 0.230 e. The molecule has 1 N–H and O–H groups in total. The van der Waals surface area contributed by atoms with Gasteiger partial charge in [-0.05, 0) is 38.8 Å². The van der Waals surface area contributed by atoms with E-state index in [4.69, 9.17) is 11.6 Å². The molecule has 0 saturated carbocycles. The van der Waals surface area contributed by atoms with Gasteiger partial charge in [0.2, 0.25) is 5.91 Å². The summed E-state index contributed by atoms with van der Waals surface area (Å²) in [5, 5.41) is 3.45. The monoisotopic (exact) mass is 238 g/mol. The van der Waals surface area contributed by atoms with Crippen molar-refractivity contribution in [3.63, 3.8) is 0 Å². The highest BCUT2D eigenvalue weighted by Crippen LogP contribution is 2.38. The van der Waals surface area contributed by atoms with E-state index in [0.717, 1.165) is 12.0 Å². The van der Waals surface area contributed by atoms with Gasteiger partial charge in [-0.2, -0.15) is 0 Å². The number of rotatable bonds is 1. The lowest BCUT2D eigenvalue weighted by Crippen LogP contribution is -2.36. The zero-order valence-corrected chi connectivity index (χ0v) is 10.4. The number of hydrogen-bond acceptors (Lipinski definition) is 2. The van der Waals surface area contributed by atoms with E-state index in [0.29, 0.717) is 5.15 Å². The first kappa shape index (κ1) is 11.4. The molecule has 0 aliphatic carbocycles. The first-order valence-corrected chi connectivity index (χ1v) is 5.66. The molecule has 1 fully saturated rings. The topological polar surface area (TPSA) is 42.0 Å². The van der Waals surface area contributed by atoms with Crippen molar-refractivity contribution in [3.8, 4) is 0 Å². The smallest absolute Gasteiger partial charge is 0.230 e. The van der Waals surface area contributed by atoms with Crippen LogP contribution in [0.5, 0.6) is 0 Å². The Morgan fingerprint density at radius 1 is 1.38 bits per heavy atom. The summed E-state index contributed by atoms with van der Waals surface area (Å²) >= 11 is 5.74. The summed E-state index contributed by atoms with van der Waals surface area (Å²) in [7, 11) is 0. The molecule has 0 aromatic carbocycles. The maximum absolute atomic E-state index is 12.0. The molecule has 1 saturated heterocycles. The maximum atomic E-state index is 12.0. The van der Waals surface area contributed by atoms with Crippen LogP contribution in [-0.4, -0.2) is 16.4 Å². The van der Waals surface area contributed by atoms with Crippen LogP contribution >= 0.6 is 11.6 Å². The van der Waals surface area contributed by atoms with Crippen LogP contribution < -0.4 is 5.32 Å². The van der Waals surface area contributed by atoms with Crippen molar-refractivity contribution in [1.29, 1.82) is 0 Å². The van der Waals surface area contributed by atoms with Crippen LogP contribution in [0.15, 0.2) is 18.3 Å². The highest BCUT2D eigenvalue weighted by molar-refractivity contribution is 6.29. The second kappa shape index (κ2) is 3.45. The Bertz CT molecular complexity index is 427. The van der Waals surface area contributed by atoms with Gasteiger partial charge in [0, 0.05) is 11.7 Å². The summed E-state index contributed by atoms with van der Waals surface area (Å²) in [6.07, 6.45) is 2.45. The summed E-state index contributed by atoms with van der Waals surface area (Å²) in [5.41, 5.74) is 0.256. The van der Waals surface area contributed by atoms with Crippen molar-refractivity contribution in [3.05, 3.63) is 29.0 Å². The van der Waals surface area contributed by atoms with Gasteiger partial charge in [0.25, 0.3) is 0 Å². The van der Waals surface area contributed by atoms with Crippen molar-refractivity contribution in [2.75, 3.05) is 0 Å². The second-order valence-electron chi connectivity index (χ2n) is 5.22. The molecule has 1 atom stereocenters. The average Bonchev–Trinajstić information content (AvgIpc) is 2.37. The first-order valence-electron chi connectivity index (χ1n) is 5.28. The molecule has 16 heavy (non-hydrogen) atoms. The highest BCUT2D eigenvalue weighted by Gasteiger charge is 2.48. The molecular weight excluding hydrogens is 224 g/mol. The molecule has 4 heteroatoms. The Labute approximate surface area is 100 Å². The van der Waals surface area contributed by atoms with Gasteiger partial charge >= 0.3 is 0 Å². The number of amides is 1. The third kappa shape index (κ3) is 1.80. The Morgan fingerprint density at radius 3 is 2.50 bits per heavy atom. The number of aromatic nitrogens is 1. The van der Waals surface area contributed by atoms with E-state index in [1.165, 1.54) is 0 Å². The van der Waals surface area contributed by atoms with Crippen LogP contribution in [0.4, 0.5) is 0 Å². The number of nitrogens with zero attached hydrogens (tertiary/aromatic N) is 1. The van der Waals surface area contributed by atoms with Crippen LogP contribution in [0, 0.1) is 0 Å². The van der Waals surface area contributed by atoms with Gasteiger partial charge in [-0.15, -0.1) is 0 Å². The molecule has 1 amide bonds. The fraction of sp³-hybridized carbons (Fsp3) is 0.500. The third-order valence-electron chi connectivity index (χ3n) is 3.11. The van der Waals surface area contributed by atoms with Gasteiger partial charge in [0.05, 0.1) is 5.41 Å². The van der Waals surface area contributed by atoms with Crippen LogP contribution in [0.25, 0.3) is 0 Å². The van der Waals surface area contributed by atoms with E-state index in [1.807, 2.05) is 26.8 Å². The Kier molecular flexibility index (Phi) is 2.46. The number of carbonyl (C=O) groups is 1. The first-order chi connectivity index (χ1) is 7.33. The van der Waals surface area contributed by atoms with Gasteiger partial charge in [0.15, 0.2) is 0 Å². The minimum absolute atomic E-state index is 0.0571. The van der Waals surface area contributed by atoms with Crippen molar-refractivity contribution in [1.82, 2.24) is 10.3 Å².